The molecule has 0 aliphatic heterocycles. The van der Waals surface area contributed by atoms with Crippen molar-refractivity contribution in [3.05, 3.63) is 35.4 Å². The van der Waals surface area contributed by atoms with Gasteiger partial charge in [-0.25, -0.2) is 8.78 Å². The van der Waals surface area contributed by atoms with Crippen molar-refractivity contribution in [2.45, 2.75) is 32.2 Å². The van der Waals surface area contributed by atoms with Crippen LogP contribution >= 0.6 is 0 Å². The van der Waals surface area contributed by atoms with Crippen LogP contribution in [0.3, 0.4) is 0 Å². The third kappa shape index (κ3) is 4.97. The van der Waals surface area contributed by atoms with E-state index < -0.39 is 11.6 Å². The molecule has 1 rings (SSSR count). The minimum atomic E-state index is -0.546. The first kappa shape index (κ1) is 13.7. The lowest BCUT2D eigenvalue weighted by atomic mass is 10.0. The molecule has 0 saturated carbocycles. The Labute approximate surface area is 101 Å². The number of benzene rings is 1. The molecule has 1 aromatic carbocycles. The van der Waals surface area contributed by atoms with E-state index in [9.17, 15) is 8.78 Å². The molecule has 0 bridgehead atoms. The topological polar surface area (TPSA) is 12.0 Å². The minimum absolute atomic E-state index is 0.0705. The second-order valence-corrected chi connectivity index (χ2v) is 4.04. The van der Waals surface area contributed by atoms with Crippen LogP contribution in [0.25, 0.3) is 0 Å². The van der Waals surface area contributed by atoms with E-state index in [4.69, 9.17) is 6.42 Å². The number of terminal acetylenes is 1. The first-order valence-corrected chi connectivity index (χ1v) is 5.77. The molecule has 0 aromatic heterocycles. The van der Waals surface area contributed by atoms with E-state index in [0.717, 1.165) is 19.0 Å². The van der Waals surface area contributed by atoms with E-state index in [1.54, 1.807) is 0 Å². The Bertz CT molecular complexity index is 375. The fourth-order valence-corrected chi connectivity index (χ4v) is 1.72. The number of halogens is 2. The third-order valence-electron chi connectivity index (χ3n) is 2.45. The van der Waals surface area contributed by atoms with E-state index in [-0.39, 0.29) is 6.04 Å². The van der Waals surface area contributed by atoms with Crippen molar-refractivity contribution in [1.29, 1.82) is 0 Å². The zero-order valence-corrected chi connectivity index (χ0v) is 9.97. The minimum Gasteiger partial charge on any atom is -0.313 e. The van der Waals surface area contributed by atoms with Crippen LogP contribution in [0.5, 0.6) is 0 Å². The van der Waals surface area contributed by atoms with Crippen LogP contribution in [-0.2, 0) is 6.42 Å². The molecule has 0 radical (unpaired) electrons. The predicted molar refractivity (Wildman–Crippen MR) is 65.6 cm³/mol. The van der Waals surface area contributed by atoms with Crippen LogP contribution < -0.4 is 5.32 Å². The standard InChI is InChI=1S/C14H17F2N/c1-3-5-14(17-6-4-2)9-11-7-12(15)10-13(16)8-11/h1,7-8,10,14,17H,4-6,9H2,2H3. The Kier molecular flexibility index (Phi) is 5.65. The Morgan fingerprint density at radius 3 is 2.47 bits per heavy atom. The molecular formula is C14H17F2N. The molecule has 1 atom stereocenters. The molecule has 17 heavy (non-hydrogen) atoms. The maximum Gasteiger partial charge on any atom is 0.126 e. The first-order chi connectivity index (χ1) is 8.15. The van der Waals surface area contributed by atoms with Gasteiger partial charge in [-0.15, -0.1) is 12.3 Å². The second-order valence-electron chi connectivity index (χ2n) is 4.04. The average molecular weight is 237 g/mol. The molecule has 1 unspecified atom stereocenters. The average Bonchev–Trinajstić information content (AvgIpc) is 2.24. The molecule has 0 heterocycles. The van der Waals surface area contributed by atoms with Gasteiger partial charge < -0.3 is 5.32 Å². The zero-order valence-electron chi connectivity index (χ0n) is 9.97. The summed E-state index contributed by atoms with van der Waals surface area (Å²) in [6.07, 6.45) is 7.37. The summed E-state index contributed by atoms with van der Waals surface area (Å²) in [5.41, 5.74) is 0.631. The van der Waals surface area contributed by atoms with E-state index in [0.29, 0.717) is 18.4 Å². The maximum absolute atomic E-state index is 13.0. The predicted octanol–water partition coefficient (Wildman–Crippen LogP) is 2.90. The van der Waals surface area contributed by atoms with Crippen molar-refractivity contribution in [3.63, 3.8) is 0 Å². The molecule has 0 amide bonds. The van der Waals surface area contributed by atoms with Gasteiger partial charge in [-0.2, -0.15) is 0 Å². The zero-order chi connectivity index (χ0) is 12.7. The summed E-state index contributed by atoms with van der Waals surface area (Å²) in [6.45, 7) is 2.91. The number of nitrogens with one attached hydrogen (secondary N) is 1. The highest BCUT2D eigenvalue weighted by Crippen LogP contribution is 2.11. The SMILES string of the molecule is C#CCC(Cc1cc(F)cc(F)c1)NCCC. The summed E-state index contributed by atoms with van der Waals surface area (Å²) in [5.74, 6) is 1.48. The molecule has 0 aliphatic carbocycles. The molecule has 1 nitrogen and oxygen atoms in total. The fourth-order valence-electron chi connectivity index (χ4n) is 1.72. The van der Waals surface area contributed by atoms with Crippen LogP contribution in [0.2, 0.25) is 0 Å². The number of hydrogen-bond donors (Lipinski definition) is 1. The van der Waals surface area contributed by atoms with Crippen LogP contribution in [0.4, 0.5) is 8.78 Å². The van der Waals surface area contributed by atoms with Crippen molar-refractivity contribution < 1.29 is 8.78 Å². The quantitative estimate of drug-likeness (QED) is 0.750. The molecule has 1 aromatic rings. The van der Waals surface area contributed by atoms with Gasteiger partial charge in [0.25, 0.3) is 0 Å². The summed E-state index contributed by atoms with van der Waals surface area (Å²) in [4.78, 5) is 0. The Balaban J connectivity index is 2.68. The summed E-state index contributed by atoms with van der Waals surface area (Å²) >= 11 is 0. The first-order valence-electron chi connectivity index (χ1n) is 5.77. The van der Waals surface area contributed by atoms with E-state index >= 15 is 0 Å². The lowest BCUT2D eigenvalue weighted by molar-refractivity contribution is 0.512. The normalized spacial score (nSPS) is 12.1. The maximum atomic E-state index is 13.0. The molecule has 0 aliphatic rings. The lowest BCUT2D eigenvalue weighted by Crippen LogP contribution is -2.31. The largest absolute Gasteiger partial charge is 0.313 e. The highest BCUT2D eigenvalue weighted by atomic mass is 19.1. The van der Waals surface area contributed by atoms with Gasteiger partial charge in [-0.1, -0.05) is 6.92 Å². The van der Waals surface area contributed by atoms with E-state index in [2.05, 4.69) is 18.2 Å². The van der Waals surface area contributed by atoms with Crippen LogP contribution in [-0.4, -0.2) is 12.6 Å². The van der Waals surface area contributed by atoms with Gasteiger partial charge in [-0.3, -0.25) is 0 Å². The highest BCUT2D eigenvalue weighted by Gasteiger charge is 2.09. The highest BCUT2D eigenvalue weighted by molar-refractivity contribution is 5.19. The number of rotatable bonds is 6. The third-order valence-corrected chi connectivity index (χ3v) is 2.45. The van der Waals surface area contributed by atoms with Crippen LogP contribution in [0, 0.1) is 24.0 Å². The van der Waals surface area contributed by atoms with Gasteiger partial charge in [0.05, 0.1) is 0 Å². The monoisotopic (exact) mass is 237 g/mol. The van der Waals surface area contributed by atoms with E-state index in [1.165, 1.54) is 12.1 Å². The van der Waals surface area contributed by atoms with Crippen molar-refractivity contribution in [2.75, 3.05) is 6.54 Å². The summed E-state index contributed by atoms with van der Waals surface area (Å²) in [5, 5.41) is 3.27. The second kappa shape index (κ2) is 7.03. The van der Waals surface area contributed by atoms with Crippen molar-refractivity contribution in [1.82, 2.24) is 5.32 Å². The van der Waals surface area contributed by atoms with Crippen molar-refractivity contribution >= 4 is 0 Å². The molecule has 92 valence electrons. The summed E-state index contributed by atoms with van der Waals surface area (Å²) < 4.78 is 26.0. The molecular weight excluding hydrogens is 220 g/mol. The molecule has 0 spiro atoms. The molecule has 1 N–H and O–H groups in total. The molecule has 0 fully saturated rings. The number of hydrogen-bond acceptors (Lipinski definition) is 1. The van der Waals surface area contributed by atoms with Gasteiger partial charge in [0.2, 0.25) is 0 Å². The van der Waals surface area contributed by atoms with Crippen molar-refractivity contribution in [2.24, 2.45) is 0 Å². The summed E-state index contributed by atoms with van der Waals surface area (Å²) in [7, 11) is 0. The van der Waals surface area contributed by atoms with Crippen LogP contribution in [0.15, 0.2) is 18.2 Å². The lowest BCUT2D eigenvalue weighted by Gasteiger charge is -2.16. The molecule has 0 saturated heterocycles. The smallest absolute Gasteiger partial charge is 0.126 e. The van der Waals surface area contributed by atoms with Gasteiger partial charge in [0, 0.05) is 18.5 Å². The van der Waals surface area contributed by atoms with Crippen molar-refractivity contribution in [3.8, 4) is 12.3 Å². The van der Waals surface area contributed by atoms with E-state index in [1.807, 2.05) is 0 Å². The van der Waals surface area contributed by atoms with Gasteiger partial charge in [0.1, 0.15) is 11.6 Å². The Morgan fingerprint density at radius 2 is 1.94 bits per heavy atom. The van der Waals surface area contributed by atoms with Gasteiger partial charge in [-0.05, 0) is 37.1 Å². The van der Waals surface area contributed by atoms with Gasteiger partial charge >= 0.3 is 0 Å². The fraction of sp³-hybridized carbons (Fsp3) is 0.429. The van der Waals surface area contributed by atoms with Crippen LogP contribution in [0.1, 0.15) is 25.3 Å². The molecule has 3 heteroatoms. The summed E-state index contributed by atoms with van der Waals surface area (Å²) in [6, 6.07) is 3.64. The van der Waals surface area contributed by atoms with Gasteiger partial charge in [0.15, 0.2) is 0 Å². The Hall–Kier alpha value is -1.40. The Morgan fingerprint density at radius 1 is 1.29 bits per heavy atom.